The molecule has 2 unspecified atom stereocenters. The normalized spacial score (nSPS) is 26.3. The maximum Gasteiger partial charge on any atom is 0.133 e. The molecule has 0 aliphatic heterocycles. The van der Waals surface area contributed by atoms with Crippen molar-refractivity contribution >= 4 is 5.78 Å². The van der Waals surface area contributed by atoms with E-state index in [2.05, 4.69) is 6.07 Å². The van der Waals surface area contributed by atoms with Crippen LogP contribution < -0.4 is 0 Å². The van der Waals surface area contributed by atoms with Crippen molar-refractivity contribution in [2.75, 3.05) is 0 Å². The van der Waals surface area contributed by atoms with Crippen LogP contribution in [-0.4, -0.2) is 5.78 Å². The van der Waals surface area contributed by atoms with Crippen LogP contribution in [-0.2, 0) is 4.79 Å². The van der Waals surface area contributed by atoms with Crippen molar-refractivity contribution in [2.45, 2.75) is 39.0 Å². The monoisotopic (exact) mass is 165 g/mol. The van der Waals surface area contributed by atoms with E-state index in [1.165, 1.54) is 0 Å². The van der Waals surface area contributed by atoms with E-state index in [1.54, 1.807) is 0 Å². The summed E-state index contributed by atoms with van der Waals surface area (Å²) in [7, 11) is 0. The van der Waals surface area contributed by atoms with Crippen molar-refractivity contribution in [1.82, 2.24) is 0 Å². The molecule has 1 saturated carbocycles. The van der Waals surface area contributed by atoms with Crippen molar-refractivity contribution in [3.05, 3.63) is 0 Å². The maximum atomic E-state index is 11.1. The third kappa shape index (κ3) is 2.65. The number of ketones is 1. The number of hydrogen-bond donors (Lipinski definition) is 0. The van der Waals surface area contributed by atoms with E-state index in [0.29, 0.717) is 18.1 Å². The van der Waals surface area contributed by atoms with E-state index in [-0.39, 0.29) is 5.92 Å². The topological polar surface area (TPSA) is 40.9 Å². The van der Waals surface area contributed by atoms with Gasteiger partial charge in [0.2, 0.25) is 0 Å². The molecule has 0 aromatic rings. The molecule has 0 amide bonds. The Balaban J connectivity index is 2.33. The second-order valence-electron chi connectivity index (χ2n) is 3.77. The molecule has 0 aromatic heterocycles. The van der Waals surface area contributed by atoms with Crippen LogP contribution in [0.3, 0.4) is 0 Å². The molecule has 1 fully saturated rings. The van der Waals surface area contributed by atoms with Crippen LogP contribution >= 0.6 is 0 Å². The molecule has 0 aromatic carbocycles. The Morgan fingerprint density at radius 1 is 1.75 bits per heavy atom. The van der Waals surface area contributed by atoms with Crippen LogP contribution in [0, 0.1) is 23.2 Å². The summed E-state index contributed by atoms with van der Waals surface area (Å²) in [5, 5.41) is 8.60. The third-order valence-electron chi connectivity index (χ3n) is 2.49. The minimum Gasteiger partial charge on any atom is -0.300 e. The van der Waals surface area contributed by atoms with Gasteiger partial charge in [-0.05, 0) is 32.1 Å². The molecular formula is C10H15NO. The lowest BCUT2D eigenvalue weighted by molar-refractivity contribution is -0.121. The lowest BCUT2D eigenvalue weighted by atomic mass is 9.83. The summed E-state index contributed by atoms with van der Waals surface area (Å²) in [5.74, 6) is 0.984. The fraction of sp³-hybridized carbons (Fsp3) is 0.800. The maximum absolute atomic E-state index is 11.1. The Bertz CT molecular complexity index is 204. The summed E-state index contributed by atoms with van der Waals surface area (Å²) in [6.07, 6.45) is 4.55. The van der Waals surface area contributed by atoms with Gasteiger partial charge >= 0.3 is 0 Å². The molecule has 1 rings (SSSR count). The average Bonchev–Trinajstić information content (AvgIpc) is 2.04. The number of Topliss-reactive ketones (excluding diaryl/α,β-unsaturated/α-hetero) is 1. The summed E-state index contributed by atoms with van der Waals surface area (Å²) in [5.41, 5.74) is 0. The summed E-state index contributed by atoms with van der Waals surface area (Å²) < 4.78 is 0. The zero-order chi connectivity index (χ0) is 8.97. The van der Waals surface area contributed by atoms with Gasteiger partial charge in [0.15, 0.2) is 0 Å². The Morgan fingerprint density at radius 2 is 2.50 bits per heavy atom. The molecule has 0 N–H and O–H groups in total. The van der Waals surface area contributed by atoms with Crippen LogP contribution in [0.25, 0.3) is 0 Å². The van der Waals surface area contributed by atoms with Gasteiger partial charge in [-0.1, -0.05) is 0 Å². The molecule has 12 heavy (non-hydrogen) atoms. The SMILES string of the molecule is CC(C#N)CC1CCCC(=O)C1. The van der Waals surface area contributed by atoms with Gasteiger partial charge in [-0.3, -0.25) is 4.79 Å². The summed E-state index contributed by atoms with van der Waals surface area (Å²) >= 11 is 0. The number of nitrogens with zero attached hydrogens (tertiary/aromatic N) is 1. The van der Waals surface area contributed by atoms with Crippen molar-refractivity contribution in [3.63, 3.8) is 0 Å². The van der Waals surface area contributed by atoms with Crippen LogP contribution in [0.4, 0.5) is 0 Å². The van der Waals surface area contributed by atoms with Crippen molar-refractivity contribution < 1.29 is 4.79 Å². The third-order valence-corrected chi connectivity index (χ3v) is 2.49. The van der Waals surface area contributed by atoms with E-state index >= 15 is 0 Å². The first kappa shape index (κ1) is 9.25. The predicted molar refractivity (Wildman–Crippen MR) is 46.4 cm³/mol. The molecule has 0 spiro atoms. The van der Waals surface area contributed by atoms with Crippen molar-refractivity contribution in [1.29, 1.82) is 5.26 Å². The van der Waals surface area contributed by atoms with E-state index in [4.69, 9.17) is 5.26 Å². The quantitative estimate of drug-likeness (QED) is 0.630. The fourth-order valence-electron chi connectivity index (χ4n) is 1.87. The van der Waals surface area contributed by atoms with E-state index in [9.17, 15) is 4.79 Å². The van der Waals surface area contributed by atoms with Crippen molar-refractivity contribution in [3.8, 4) is 6.07 Å². The molecule has 0 bridgehead atoms. The van der Waals surface area contributed by atoms with E-state index in [1.807, 2.05) is 6.92 Å². The van der Waals surface area contributed by atoms with Gasteiger partial charge in [-0.2, -0.15) is 5.26 Å². The molecule has 2 heteroatoms. The Morgan fingerprint density at radius 3 is 3.08 bits per heavy atom. The lowest BCUT2D eigenvalue weighted by Crippen LogP contribution is -2.16. The Kier molecular flexibility index (Phi) is 3.28. The molecule has 1 aliphatic rings. The first-order chi connectivity index (χ1) is 5.72. The lowest BCUT2D eigenvalue weighted by Gasteiger charge is -2.21. The smallest absolute Gasteiger partial charge is 0.133 e. The number of hydrogen-bond acceptors (Lipinski definition) is 2. The van der Waals surface area contributed by atoms with E-state index in [0.717, 1.165) is 25.7 Å². The van der Waals surface area contributed by atoms with Gasteiger partial charge in [-0.15, -0.1) is 0 Å². The van der Waals surface area contributed by atoms with Crippen LogP contribution in [0.2, 0.25) is 0 Å². The molecule has 2 atom stereocenters. The van der Waals surface area contributed by atoms with Gasteiger partial charge in [0.1, 0.15) is 5.78 Å². The van der Waals surface area contributed by atoms with Gasteiger partial charge in [-0.25, -0.2) is 0 Å². The minimum atomic E-state index is 0.112. The molecule has 66 valence electrons. The van der Waals surface area contributed by atoms with Crippen molar-refractivity contribution in [2.24, 2.45) is 11.8 Å². The summed E-state index contributed by atoms with van der Waals surface area (Å²) in [4.78, 5) is 11.1. The molecule has 0 saturated heterocycles. The Labute approximate surface area is 73.6 Å². The highest BCUT2D eigenvalue weighted by atomic mass is 16.1. The van der Waals surface area contributed by atoms with Crippen LogP contribution in [0.15, 0.2) is 0 Å². The Hall–Kier alpha value is -0.840. The number of carbonyl (C=O) groups excluding carboxylic acids is 1. The van der Waals surface area contributed by atoms with Crippen LogP contribution in [0.1, 0.15) is 39.0 Å². The highest BCUT2D eigenvalue weighted by Crippen LogP contribution is 2.26. The van der Waals surface area contributed by atoms with Gasteiger partial charge < -0.3 is 0 Å². The van der Waals surface area contributed by atoms with Gasteiger partial charge in [0.25, 0.3) is 0 Å². The second-order valence-corrected chi connectivity index (χ2v) is 3.77. The highest BCUT2D eigenvalue weighted by molar-refractivity contribution is 5.79. The number of nitriles is 1. The summed E-state index contributed by atoms with van der Waals surface area (Å²) in [6.45, 7) is 1.93. The summed E-state index contributed by atoms with van der Waals surface area (Å²) in [6, 6.07) is 2.22. The standard InChI is InChI=1S/C10H15NO/c1-8(7-11)5-9-3-2-4-10(12)6-9/h8-9H,2-6H2,1H3. The van der Waals surface area contributed by atoms with Gasteiger partial charge in [0, 0.05) is 18.8 Å². The molecule has 1 aliphatic carbocycles. The number of rotatable bonds is 2. The fourth-order valence-corrected chi connectivity index (χ4v) is 1.87. The first-order valence-electron chi connectivity index (χ1n) is 4.63. The minimum absolute atomic E-state index is 0.112. The first-order valence-corrected chi connectivity index (χ1v) is 4.63. The van der Waals surface area contributed by atoms with E-state index < -0.39 is 0 Å². The van der Waals surface area contributed by atoms with Gasteiger partial charge in [0.05, 0.1) is 6.07 Å². The predicted octanol–water partition coefficient (Wildman–Crippen LogP) is 2.30. The molecule has 2 nitrogen and oxygen atoms in total. The zero-order valence-corrected chi connectivity index (χ0v) is 7.55. The largest absolute Gasteiger partial charge is 0.300 e. The molecule has 0 heterocycles. The average molecular weight is 165 g/mol. The second kappa shape index (κ2) is 4.25. The highest BCUT2D eigenvalue weighted by Gasteiger charge is 2.20. The molecule has 0 radical (unpaired) electrons. The zero-order valence-electron chi connectivity index (χ0n) is 7.55. The van der Waals surface area contributed by atoms with Crippen LogP contribution in [0.5, 0.6) is 0 Å². The molecular weight excluding hydrogens is 150 g/mol. The number of carbonyl (C=O) groups is 1.